The Balaban J connectivity index is 1.25. The fourth-order valence-electron chi connectivity index (χ4n) is 5.14. The van der Waals surface area contributed by atoms with E-state index >= 15 is 0 Å². The zero-order chi connectivity index (χ0) is 21.4. The lowest BCUT2D eigenvalue weighted by Crippen LogP contribution is -2.52. The number of anilines is 2. The van der Waals surface area contributed by atoms with Gasteiger partial charge in [0.15, 0.2) is 0 Å². The largest absolute Gasteiger partial charge is 0.399 e. The van der Waals surface area contributed by atoms with E-state index in [-0.39, 0.29) is 11.9 Å². The second-order valence-electron chi connectivity index (χ2n) is 8.83. The van der Waals surface area contributed by atoms with Crippen LogP contribution in [0.5, 0.6) is 0 Å². The van der Waals surface area contributed by atoms with Crippen LogP contribution in [0.2, 0.25) is 0 Å². The van der Waals surface area contributed by atoms with E-state index in [2.05, 4.69) is 34.9 Å². The van der Waals surface area contributed by atoms with Crippen molar-refractivity contribution in [2.45, 2.75) is 31.9 Å². The highest BCUT2D eigenvalue weighted by atomic mass is 19.1. The summed E-state index contributed by atoms with van der Waals surface area (Å²) in [6, 6.07) is 17.9. The molecule has 5 heteroatoms. The smallest absolute Gasteiger partial charge is 0.123 e. The van der Waals surface area contributed by atoms with Gasteiger partial charge in [-0.05, 0) is 72.7 Å². The Kier molecular flexibility index (Phi) is 5.55. The van der Waals surface area contributed by atoms with Crippen molar-refractivity contribution in [2.24, 2.45) is 0 Å². The highest BCUT2D eigenvalue weighted by Gasteiger charge is 2.27. The molecule has 3 aromatic carbocycles. The first-order valence-electron chi connectivity index (χ1n) is 11.3. The molecule has 0 unspecified atom stereocenters. The van der Waals surface area contributed by atoms with Gasteiger partial charge in [-0.3, -0.25) is 4.90 Å². The SMILES string of the molecule is C[C@H]1CN(c2cccc3cc(F)ccc23)CCN1CC[C@@H]1OCCc2cc(N)ccc21. The average molecular weight is 420 g/mol. The molecule has 31 heavy (non-hydrogen) atoms. The second-order valence-corrected chi connectivity index (χ2v) is 8.83. The van der Waals surface area contributed by atoms with Gasteiger partial charge in [-0.25, -0.2) is 4.39 Å². The van der Waals surface area contributed by atoms with Crippen LogP contribution in [0.3, 0.4) is 0 Å². The molecular weight excluding hydrogens is 389 g/mol. The highest BCUT2D eigenvalue weighted by Crippen LogP contribution is 2.32. The maximum atomic E-state index is 13.6. The lowest BCUT2D eigenvalue weighted by Gasteiger charge is -2.42. The molecule has 1 saturated heterocycles. The lowest BCUT2D eigenvalue weighted by atomic mass is 9.95. The molecule has 2 aliphatic heterocycles. The van der Waals surface area contributed by atoms with Crippen LogP contribution in [0.1, 0.15) is 30.6 Å². The summed E-state index contributed by atoms with van der Waals surface area (Å²) in [6.45, 7) is 7.04. The van der Waals surface area contributed by atoms with E-state index in [0.29, 0.717) is 6.04 Å². The van der Waals surface area contributed by atoms with Gasteiger partial charge in [0.05, 0.1) is 12.7 Å². The Hall–Kier alpha value is -2.63. The van der Waals surface area contributed by atoms with E-state index in [0.717, 1.165) is 62.1 Å². The van der Waals surface area contributed by atoms with Gasteiger partial charge in [0.25, 0.3) is 0 Å². The molecule has 3 aromatic rings. The molecule has 162 valence electrons. The minimum Gasteiger partial charge on any atom is -0.399 e. The third kappa shape index (κ3) is 4.12. The first-order valence-corrected chi connectivity index (χ1v) is 11.3. The summed E-state index contributed by atoms with van der Waals surface area (Å²) in [4.78, 5) is 5.01. The van der Waals surface area contributed by atoms with E-state index < -0.39 is 0 Å². The van der Waals surface area contributed by atoms with Crippen molar-refractivity contribution in [1.29, 1.82) is 0 Å². The van der Waals surface area contributed by atoms with Gasteiger partial charge in [0.2, 0.25) is 0 Å². The summed E-state index contributed by atoms with van der Waals surface area (Å²) in [5.74, 6) is -0.183. The number of benzene rings is 3. The zero-order valence-electron chi connectivity index (χ0n) is 18.1. The normalized spacial score (nSPS) is 21.9. The van der Waals surface area contributed by atoms with Crippen LogP contribution >= 0.6 is 0 Å². The number of hydrogen-bond donors (Lipinski definition) is 1. The highest BCUT2D eigenvalue weighted by molar-refractivity contribution is 5.94. The van der Waals surface area contributed by atoms with Crippen LogP contribution in [0.4, 0.5) is 15.8 Å². The quantitative estimate of drug-likeness (QED) is 0.618. The number of nitrogen functional groups attached to an aromatic ring is 1. The Morgan fingerprint density at radius 1 is 1.10 bits per heavy atom. The first kappa shape index (κ1) is 20.3. The van der Waals surface area contributed by atoms with Crippen LogP contribution in [0.25, 0.3) is 10.8 Å². The van der Waals surface area contributed by atoms with E-state index in [1.807, 2.05) is 24.3 Å². The summed E-state index contributed by atoms with van der Waals surface area (Å²) < 4.78 is 19.7. The fourth-order valence-corrected chi connectivity index (χ4v) is 5.14. The Morgan fingerprint density at radius 3 is 2.87 bits per heavy atom. The molecule has 2 aliphatic rings. The molecule has 0 aliphatic carbocycles. The molecule has 0 aromatic heterocycles. The molecule has 0 bridgehead atoms. The molecular formula is C26H30FN3O. The number of halogens is 1. The van der Waals surface area contributed by atoms with E-state index in [1.54, 1.807) is 12.1 Å². The third-order valence-electron chi connectivity index (χ3n) is 6.81. The minimum atomic E-state index is -0.183. The van der Waals surface area contributed by atoms with E-state index in [1.165, 1.54) is 16.8 Å². The lowest BCUT2D eigenvalue weighted by molar-refractivity contribution is 0.0255. The van der Waals surface area contributed by atoms with Gasteiger partial charge in [-0.1, -0.05) is 18.2 Å². The van der Waals surface area contributed by atoms with Gasteiger partial charge in [-0.15, -0.1) is 0 Å². The van der Waals surface area contributed by atoms with Crippen molar-refractivity contribution in [3.63, 3.8) is 0 Å². The Morgan fingerprint density at radius 2 is 2.00 bits per heavy atom. The average Bonchev–Trinajstić information content (AvgIpc) is 2.77. The standard InChI is InChI=1S/C26H30FN3O/c1-18-17-30(25-4-2-3-19-15-21(27)5-7-23(19)25)13-12-29(18)11-9-26-24-8-6-22(28)16-20(24)10-14-31-26/h2-8,15-16,18,26H,9-14,17,28H2,1H3/t18-,26-/m0/s1. The summed E-state index contributed by atoms with van der Waals surface area (Å²) in [5.41, 5.74) is 10.6. The predicted octanol–water partition coefficient (Wildman–Crippen LogP) is 4.78. The topological polar surface area (TPSA) is 41.7 Å². The van der Waals surface area contributed by atoms with Gasteiger partial charge >= 0.3 is 0 Å². The van der Waals surface area contributed by atoms with E-state index in [9.17, 15) is 4.39 Å². The van der Waals surface area contributed by atoms with Crippen LogP contribution in [-0.2, 0) is 11.2 Å². The van der Waals surface area contributed by atoms with Crippen molar-refractivity contribution in [3.05, 3.63) is 71.5 Å². The monoisotopic (exact) mass is 419 g/mol. The number of hydrogen-bond acceptors (Lipinski definition) is 4. The summed E-state index contributed by atoms with van der Waals surface area (Å²) in [6.07, 6.45) is 2.10. The molecule has 5 rings (SSSR count). The van der Waals surface area contributed by atoms with Gasteiger partial charge in [0.1, 0.15) is 5.82 Å². The van der Waals surface area contributed by atoms with Gasteiger partial charge in [0, 0.05) is 49.0 Å². The van der Waals surface area contributed by atoms with Crippen LogP contribution in [0.15, 0.2) is 54.6 Å². The third-order valence-corrected chi connectivity index (χ3v) is 6.81. The Labute approximate surface area is 183 Å². The number of rotatable bonds is 4. The number of nitrogens with two attached hydrogens (primary N) is 1. The summed E-state index contributed by atoms with van der Waals surface area (Å²) in [5, 5.41) is 2.08. The minimum absolute atomic E-state index is 0.155. The fraction of sp³-hybridized carbons (Fsp3) is 0.385. The molecule has 0 saturated carbocycles. The number of nitrogens with zero attached hydrogens (tertiary/aromatic N) is 2. The molecule has 2 atom stereocenters. The zero-order valence-corrected chi connectivity index (χ0v) is 18.1. The number of ether oxygens (including phenoxy) is 1. The van der Waals surface area contributed by atoms with Crippen molar-refractivity contribution in [3.8, 4) is 0 Å². The van der Waals surface area contributed by atoms with Crippen LogP contribution in [-0.4, -0.2) is 43.7 Å². The van der Waals surface area contributed by atoms with Crippen LogP contribution in [0, 0.1) is 5.82 Å². The Bertz CT molecular complexity index is 1090. The molecule has 1 fully saturated rings. The first-order chi connectivity index (χ1) is 15.1. The van der Waals surface area contributed by atoms with E-state index in [4.69, 9.17) is 10.5 Å². The molecule has 2 heterocycles. The summed E-state index contributed by atoms with van der Waals surface area (Å²) in [7, 11) is 0. The number of fused-ring (bicyclic) bond motifs is 2. The van der Waals surface area contributed by atoms with Gasteiger partial charge < -0.3 is 15.4 Å². The molecule has 0 amide bonds. The van der Waals surface area contributed by atoms with Crippen molar-refractivity contribution in [2.75, 3.05) is 43.4 Å². The molecule has 0 radical (unpaired) electrons. The molecule has 0 spiro atoms. The maximum absolute atomic E-state index is 13.6. The van der Waals surface area contributed by atoms with Crippen molar-refractivity contribution >= 4 is 22.1 Å². The van der Waals surface area contributed by atoms with Gasteiger partial charge in [-0.2, -0.15) is 0 Å². The number of piperazine rings is 1. The predicted molar refractivity (Wildman–Crippen MR) is 125 cm³/mol. The van der Waals surface area contributed by atoms with Crippen molar-refractivity contribution < 1.29 is 9.13 Å². The second kappa shape index (κ2) is 8.48. The summed E-state index contributed by atoms with van der Waals surface area (Å²) >= 11 is 0. The molecule has 2 N–H and O–H groups in total. The van der Waals surface area contributed by atoms with Crippen molar-refractivity contribution in [1.82, 2.24) is 4.90 Å². The van der Waals surface area contributed by atoms with Crippen LogP contribution < -0.4 is 10.6 Å². The maximum Gasteiger partial charge on any atom is 0.123 e. The molecule has 4 nitrogen and oxygen atoms in total.